The maximum Gasteiger partial charge on any atom is 0.119 e. The van der Waals surface area contributed by atoms with Crippen LogP contribution in [0.1, 0.15) is 25.3 Å². The molecule has 16 heavy (non-hydrogen) atoms. The van der Waals surface area contributed by atoms with Crippen LogP contribution in [0, 0.1) is 5.92 Å². The zero-order chi connectivity index (χ0) is 11.2. The van der Waals surface area contributed by atoms with Crippen LogP contribution >= 0.6 is 0 Å². The van der Waals surface area contributed by atoms with E-state index >= 15 is 0 Å². The highest BCUT2D eigenvalue weighted by Gasteiger charge is 2.14. The Labute approximate surface area is 98.0 Å². The van der Waals surface area contributed by atoms with Crippen LogP contribution in [0.15, 0.2) is 24.3 Å². The molecule has 1 aromatic carbocycles. The van der Waals surface area contributed by atoms with Crippen molar-refractivity contribution in [1.29, 1.82) is 0 Å². The Bertz CT molecular complexity index is 301. The third kappa shape index (κ3) is 3.24. The third-order valence-corrected chi connectivity index (χ3v) is 3.08. The normalized spacial score (nSPS) is 19.9. The van der Waals surface area contributed by atoms with Gasteiger partial charge in [-0.05, 0) is 56.0 Å². The Morgan fingerprint density at radius 1 is 1.31 bits per heavy atom. The second kappa shape index (κ2) is 5.90. The summed E-state index contributed by atoms with van der Waals surface area (Å²) in [5.74, 6) is 1.82. The average Bonchev–Trinajstić information content (AvgIpc) is 2.81. The molecule has 2 nitrogen and oxygen atoms in total. The number of ether oxygens (including phenoxy) is 1. The van der Waals surface area contributed by atoms with Crippen LogP contribution in [0.3, 0.4) is 0 Å². The average molecular weight is 219 g/mol. The molecule has 0 radical (unpaired) electrons. The molecule has 1 aromatic rings. The van der Waals surface area contributed by atoms with E-state index in [-0.39, 0.29) is 0 Å². The second-order valence-corrected chi connectivity index (χ2v) is 4.56. The standard InChI is InChI=1S/C14H21NO/c1-2-9-16-14-5-3-12(4-6-14)10-13-7-8-15-11-13/h3-6,13,15H,2,7-11H2,1H3. The van der Waals surface area contributed by atoms with Gasteiger partial charge in [-0.1, -0.05) is 19.1 Å². The first kappa shape index (κ1) is 11.5. The van der Waals surface area contributed by atoms with Crippen molar-refractivity contribution in [2.75, 3.05) is 19.7 Å². The van der Waals surface area contributed by atoms with Crippen LogP contribution in [-0.2, 0) is 6.42 Å². The molecular weight excluding hydrogens is 198 g/mol. The highest BCUT2D eigenvalue weighted by Crippen LogP contribution is 2.18. The Hall–Kier alpha value is -1.02. The molecule has 0 amide bonds. The fourth-order valence-corrected chi connectivity index (χ4v) is 2.16. The molecule has 0 saturated carbocycles. The number of nitrogens with one attached hydrogen (secondary N) is 1. The zero-order valence-electron chi connectivity index (χ0n) is 10.0. The van der Waals surface area contributed by atoms with Gasteiger partial charge in [0.1, 0.15) is 5.75 Å². The van der Waals surface area contributed by atoms with E-state index in [2.05, 4.69) is 36.5 Å². The fourth-order valence-electron chi connectivity index (χ4n) is 2.16. The summed E-state index contributed by atoms with van der Waals surface area (Å²) in [5, 5.41) is 3.41. The van der Waals surface area contributed by atoms with Crippen molar-refractivity contribution in [3.8, 4) is 5.75 Å². The van der Waals surface area contributed by atoms with E-state index < -0.39 is 0 Å². The van der Waals surface area contributed by atoms with Crippen molar-refractivity contribution >= 4 is 0 Å². The first-order valence-corrected chi connectivity index (χ1v) is 6.31. The van der Waals surface area contributed by atoms with Crippen molar-refractivity contribution < 1.29 is 4.74 Å². The van der Waals surface area contributed by atoms with E-state index in [1.807, 2.05) is 0 Å². The molecule has 88 valence electrons. The molecule has 0 aliphatic carbocycles. The Morgan fingerprint density at radius 3 is 2.75 bits per heavy atom. The van der Waals surface area contributed by atoms with E-state index in [0.29, 0.717) is 0 Å². The monoisotopic (exact) mass is 219 g/mol. The molecule has 0 bridgehead atoms. The van der Waals surface area contributed by atoms with Crippen molar-refractivity contribution in [1.82, 2.24) is 5.32 Å². The fraction of sp³-hybridized carbons (Fsp3) is 0.571. The molecule has 1 saturated heterocycles. The summed E-state index contributed by atoms with van der Waals surface area (Å²) in [5.41, 5.74) is 1.43. The topological polar surface area (TPSA) is 21.3 Å². The van der Waals surface area contributed by atoms with E-state index in [1.165, 1.54) is 31.5 Å². The summed E-state index contributed by atoms with van der Waals surface area (Å²) in [6.45, 7) is 5.30. The maximum absolute atomic E-state index is 5.57. The van der Waals surface area contributed by atoms with Gasteiger partial charge in [0.2, 0.25) is 0 Å². The summed E-state index contributed by atoms with van der Waals surface area (Å²) in [4.78, 5) is 0. The van der Waals surface area contributed by atoms with Crippen molar-refractivity contribution in [3.63, 3.8) is 0 Å². The van der Waals surface area contributed by atoms with E-state index in [1.54, 1.807) is 0 Å². The van der Waals surface area contributed by atoms with Crippen LogP contribution in [0.25, 0.3) is 0 Å². The highest BCUT2D eigenvalue weighted by atomic mass is 16.5. The molecule has 1 heterocycles. The first-order valence-electron chi connectivity index (χ1n) is 6.31. The number of hydrogen-bond acceptors (Lipinski definition) is 2. The quantitative estimate of drug-likeness (QED) is 0.822. The Kier molecular flexibility index (Phi) is 4.23. The number of benzene rings is 1. The summed E-state index contributed by atoms with van der Waals surface area (Å²) in [6, 6.07) is 8.58. The summed E-state index contributed by atoms with van der Waals surface area (Å²) in [6.07, 6.45) is 3.57. The zero-order valence-corrected chi connectivity index (χ0v) is 10.0. The van der Waals surface area contributed by atoms with Gasteiger partial charge >= 0.3 is 0 Å². The van der Waals surface area contributed by atoms with Crippen LogP contribution in [-0.4, -0.2) is 19.7 Å². The van der Waals surface area contributed by atoms with Crippen molar-refractivity contribution in [2.45, 2.75) is 26.2 Å². The number of rotatable bonds is 5. The van der Waals surface area contributed by atoms with Gasteiger partial charge < -0.3 is 10.1 Å². The molecule has 1 unspecified atom stereocenters. The van der Waals surface area contributed by atoms with E-state index in [9.17, 15) is 0 Å². The smallest absolute Gasteiger partial charge is 0.119 e. The SMILES string of the molecule is CCCOc1ccc(CC2CCNC2)cc1. The minimum Gasteiger partial charge on any atom is -0.494 e. The van der Waals surface area contributed by atoms with Gasteiger partial charge in [-0.3, -0.25) is 0 Å². The lowest BCUT2D eigenvalue weighted by molar-refractivity contribution is 0.317. The molecule has 1 aliphatic rings. The second-order valence-electron chi connectivity index (χ2n) is 4.56. The van der Waals surface area contributed by atoms with E-state index in [0.717, 1.165) is 24.7 Å². The largest absolute Gasteiger partial charge is 0.494 e. The Balaban J connectivity index is 1.86. The van der Waals surface area contributed by atoms with Gasteiger partial charge in [-0.15, -0.1) is 0 Å². The Morgan fingerprint density at radius 2 is 2.12 bits per heavy atom. The summed E-state index contributed by atoms with van der Waals surface area (Å²) in [7, 11) is 0. The molecule has 0 aromatic heterocycles. The van der Waals surface area contributed by atoms with E-state index in [4.69, 9.17) is 4.74 Å². The lowest BCUT2D eigenvalue weighted by Crippen LogP contribution is -2.10. The third-order valence-electron chi connectivity index (χ3n) is 3.08. The van der Waals surface area contributed by atoms with Gasteiger partial charge in [0.15, 0.2) is 0 Å². The lowest BCUT2D eigenvalue weighted by atomic mass is 9.99. The van der Waals surface area contributed by atoms with Gasteiger partial charge in [-0.2, -0.15) is 0 Å². The molecule has 2 rings (SSSR count). The molecular formula is C14H21NO. The predicted molar refractivity (Wildman–Crippen MR) is 66.9 cm³/mol. The summed E-state index contributed by atoms with van der Waals surface area (Å²) >= 11 is 0. The minimum atomic E-state index is 0.811. The molecule has 2 heteroatoms. The highest BCUT2D eigenvalue weighted by molar-refractivity contribution is 5.27. The minimum absolute atomic E-state index is 0.811. The molecule has 1 aliphatic heterocycles. The maximum atomic E-state index is 5.57. The van der Waals surface area contributed by atoms with Gasteiger partial charge in [-0.25, -0.2) is 0 Å². The molecule has 1 fully saturated rings. The lowest BCUT2D eigenvalue weighted by Gasteiger charge is -2.09. The first-order chi connectivity index (χ1) is 7.88. The molecule has 1 N–H and O–H groups in total. The van der Waals surface area contributed by atoms with Crippen molar-refractivity contribution in [2.24, 2.45) is 5.92 Å². The van der Waals surface area contributed by atoms with Crippen LogP contribution in [0.2, 0.25) is 0 Å². The van der Waals surface area contributed by atoms with Gasteiger partial charge in [0.25, 0.3) is 0 Å². The van der Waals surface area contributed by atoms with Crippen LogP contribution in [0.4, 0.5) is 0 Å². The summed E-state index contributed by atoms with van der Waals surface area (Å²) < 4.78 is 5.57. The molecule has 0 spiro atoms. The van der Waals surface area contributed by atoms with Crippen LogP contribution < -0.4 is 10.1 Å². The van der Waals surface area contributed by atoms with Gasteiger partial charge in [0, 0.05) is 0 Å². The predicted octanol–water partition coefficient (Wildman–Crippen LogP) is 2.63. The van der Waals surface area contributed by atoms with Crippen LogP contribution in [0.5, 0.6) is 5.75 Å². The van der Waals surface area contributed by atoms with Crippen molar-refractivity contribution in [3.05, 3.63) is 29.8 Å². The number of hydrogen-bond donors (Lipinski definition) is 1. The van der Waals surface area contributed by atoms with Gasteiger partial charge in [0.05, 0.1) is 6.61 Å². The molecule has 1 atom stereocenters.